The molecule has 1 saturated heterocycles. The van der Waals surface area contributed by atoms with Crippen LogP contribution in [0.25, 0.3) is 21.8 Å². The largest absolute Gasteiger partial charge is 0.481 e. The van der Waals surface area contributed by atoms with Crippen LogP contribution in [0.5, 0.6) is 11.8 Å². The van der Waals surface area contributed by atoms with Crippen LogP contribution in [0, 0.1) is 0 Å². The fraction of sp³-hybridized carbons (Fsp3) is 0.323. The third kappa shape index (κ3) is 5.02. The molecule has 214 valence electrons. The van der Waals surface area contributed by atoms with E-state index in [0.29, 0.717) is 24.2 Å². The van der Waals surface area contributed by atoms with E-state index >= 15 is 0 Å². The first-order chi connectivity index (χ1) is 19.9. The van der Waals surface area contributed by atoms with Gasteiger partial charge in [0.1, 0.15) is 5.69 Å². The Labute approximate surface area is 240 Å². The molecule has 1 aliphatic rings. The first kappa shape index (κ1) is 27.2. The smallest absolute Gasteiger partial charge is 0.264 e. The number of aryl methyl sites for hydroxylation is 1. The van der Waals surface area contributed by atoms with Crippen LogP contribution in [0.4, 0.5) is 5.69 Å². The van der Waals surface area contributed by atoms with Gasteiger partial charge < -0.3 is 23.5 Å². The second-order valence-corrected chi connectivity index (χ2v) is 12.3. The lowest BCUT2D eigenvalue weighted by atomic mass is 10.1. The summed E-state index contributed by atoms with van der Waals surface area (Å²) in [5, 5.41) is 1.92. The predicted octanol–water partition coefficient (Wildman–Crippen LogP) is 5.08. The molecule has 9 nitrogen and oxygen atoms in total. The number of hydrogen-bond acceptors (Lipinski definition) is 6. The Bertz CT molecular complexity index is 1770. The molecule has 0 saturated carbocycles. The minimum Gasteiger partial charge on any atom is -0.481 e. The van der Waals surface area contributed by atoms with Gasteiger partial charge in [-0.3, -0.25) is 4.31 Å². The van der Waals surface area contributed by atoms with Crippen LogP contribution in [-0.2, 0) is 17.1 Å². The summed E-state index contributed by atoms with van der Waals surface area (Å²) >= 11 is 0. The van der Waals surface area contributed by atoms with Gasteiger partial charge >= 0.3 is 0 Å². The maximum atomic E-state index is 14.4. The van der Waals surface area contributed by atoms with Crippen molar-refractivity contribution in [2.45, 2.75) is 23.8 Å². The van der Waals surface area contributed by atoms with Gasteiger partial charge in [-0.05, 0) is 55.3 Å². The van der Waals surface area contributed by atoms with E-state index in [4.69, 9.17) is 9.47 Å². The Morgan fingerprint density at radius 1 is 0.902 bits per heavy atom. The van der Waals surface area contributed by atoms with Gasteiger partial charge in [-0.25, -0.2) is 8.42 Å². The van der Waals surface area contributed by atoms with Crippen molar-refractivity contribution in [1.29, 1.82) is 0 Å². The topological polar surface area (TPSA) is 81.8 Å². The Kier molecular flexibility index (Phi) is 7.35. The molecule has 6 rings (SSSR count). The number of rotatable bonds is 9. The number of ether oxygens (including phenoxy) is 2. The average Bonchev–Trinajstić information content (AvgIpc) is 3.65. The molecule has 1 aliphatic heterocycles. The summed E-state index contributed by atoms with van der Waals surface area (Å²) in [5.41, 5.74) is 2.41. The lowest BCUT2D eigenvalue weighted by molar-refractivity contribution is 0.191. The van der Waals surface area contributed by atoms with E-state index in [1.54, 1.807) is 24.3 Å². The molecule has 0 amide bonds. The van der Waals surface area contributed by atoms with E-state index in [1.165, 1.54) is 18.5 Å². The lowest BCUT2D eigenvalue weighted by Gasteiger charge is -2.34. The highest BCUT2D eigenvalue weighted by atomic mass is 32.2. The molecule has 1 fully saturated rings. The molecule has 2 aromatic carbocycles. The quantitative estimate of drug-likeness (QED) is 0.245. The summed E-state index contributed by atoms with van der Waals surface area (Å²) < 4.78 is 45.4. The standard InChI is InChI=1S/C31H35N5O4S/c1-33-27-9-5-4-8-25(27)26-22-24(10-11-28(26)33)41(37,38)36(29-12-13-30(39-2)32-31(29)40-3)21-20-34-18-14-23(15-19-34)35-16-6-7-17-35/h4-13,16-17,22-23H,14-15,18-21H2,1-3H3. The van der Waals surface area contributed by atoms with E-state index in [1.807, 2.05) is 37.4 Å². The fourth-order valence-electron chi connectivity index (χ4n) is 5.94. The van der Waals surface area contributed by atoms with Gasteiger partial charge in [-0.1, -0.05) is 18.2 Å². The summed E-state index contributed by atoms with van der Waals surface area (Å²) in [6.07, 6.45) is 6.27. The van der Waals surface area contributed by atoms with Crippen LogP contribution < -0.4 is 13.8 Å². The number of aromatic nitrogens is 3. The van der Waals surface area contributed by atoms with Crippen LogP contribution in [0.3, 0.4) is 0 Å². The highest BCUT2D eigenvalue weighted by Gasteiger charge is 2.30. The second-order valence-electron chi connectivity index (χ2n) is 10.4. The summed E-state index contributed by atoms with van der Waals surface area (Å²) in [5.74, 6) is 0.553. The number of nitrogens with zero attached hydrogens (tertiary/aromatic N) is 5. The molecule has 0 radical (unpaired) electrons. The van der Waals surface area contributed by atoms with Gasteiger partial charge in [-0.15, -0.1) is 0 Å². The summed E-state index contributed by atoms with van der Waals surface area (Å²) in [6, 6.07) is 21.4. The number of anilines is 1. The molecular weight excluding hydrogens is 538 g/mol. The summed E-state index contributed by atoms with van der Waals surface area (Å²) in [6.45, 7) is 2.64. The van der Waals surface area contributed by atoms with Crippen LogP contribution in [0.2, 0.25) is 0 Å². The maximum Gasteiger partial charge on any atom is 0.264 e. The van der Waals surface area contributed by atoms with Crippen molar-refractivity contribution in [2.24, 2.45) is 7.05 Å². The molecule has 10 heteroatoms. The van der Waals surface area contributed by atoms with Crippen molar-refractivity contribution < 1.29 is 17.9 Å². The third-order valence-electron chi connectivity index (χ3n) is 8.18. The zero-order chi connectivity index (χ0) is 28.6. The van der Waals surface area contributed by atoms with Crippen molar-refractivity contribution in [2.75, 3.05) is 44.7 Å². The Balaban J connectivity index is 1.34. The highest BCUT2D eigenvalue weighted by Crippen LogP contribution is 2.35. The van der Waals surface area contributed by atoms with Gasteiger partial charge in [0.25, 0.3) is 10.0 Å². The number of methoxy groups -OCH3 is 2. The molecule has 0 aliphatic carbocycles. The van der Waals surface area contributed by atoms with Gasteiger partial charge in [0.2, 0.25) is 11.8 Å². The monoisotopic (exact) mass is 573 g/mol. The van der Waals surface area contributed by atoms with Crippen molar-refractivity contribution in [3.05, 3.63) is 79.1 Å². The predicted molar refractivity (Wildman–Crippen MR) is 161 cm³/mol. The van der Waals surface area contributed by atoms with E-state index in [9.17, 15) is 8.42 Å². The van der Waals surface area contributed by atoms with Crippen LogP contribution in [-0.4, -0.2) is 67.8 Å². The Morgan fingerprint density at radius 2 is 1.63 bits per heavy atom. The summed E-state index contributed by atoms with van der Waals surface area (Å²) in [7, 11) is 1.04. The molecule has 4 heterocycles. The Hall–Kier alpha value is -4.02. The number of piperidine rings is 1. The normalized spacial score (nSPS) is 15.0. The van der Waals surface area contributed by atoms with Gasteiger partial charge in [-0.2, -0.15) is 4.98 Å². The second kappa shape index (κ2) is 11.1. The van der Waals surface area contributed by atoms with Crippen molar-refractivity contribution in [1.82, 2.24) is 19.0 Å². The minimum atomic E-state index is -3.97. The summed E-state index contributed by atoms with van der Waals surface area (Å²) in [4.78, 5) is 6.96. The Morgan fingerprint density at radius 3 is 2.37 bits per heavy atom. The number of likely N-dealkylation sites (tertiary alicyclic amines) is 1. The molecule has 5 aromatic rings. The fourth-order valence-corrected chi connectivity index (χ4v) is 7.42. The number of pyridine rings is 1. The first-order valence-electron chi connectivity index (χ1n) is 13.8. The van der Waals surface area contributed by atoms with E-state index < -0.39 is 10.0 Å². The highest BCUT2D eigenvalue weighted by molar-refractivity contribution is 7.92. The van der Waals surface area contributed by atoms with Crippen molar-refractivity contribution >= 4 is 37.5 Å². The zero-order valence-corrected chi connectivity index (χ0v) is 24.4. The SMILES string of the molecule is COc1ccc(N(CCN2CCC(n3cccc3)CC2)S(=O)(=O)c2ccc3c(c2)c2ccccc2n3C)c(OC)n1. The number of hydrogen-bond donors (Lipinski definition) is 0. The van der Waals surface area contributed by atoms with Gasteiger partial charge in [0.15, 0.2) is 0 Å². The molecule has 0 N–H and O–H groups in total. The first-order valence-corrected chi connectivity index (χ1v) is 15.3. The number of benzene rings is 2. The van der Waals surface area contributed by atoms with Crippen LogP contribution in [0.15, 0.2) is 84.0 Å². The number of para-hydroxylation sites is 1. The van der Waals surface area contributed by atoms with Gasteiger partial charge in [0.05, 0.1) is 19.1 Å². The van der Waals surface area contributed by atoms with E-state index in [0.717, 1.165) is 47.7 Å². The van der Waals surface area contributed by atoms with Gasteiger partial charge in [0, 0.05) is 79.5 Å². The molecular formula is C31H35N5O4S. The molecule has 0 unspecified atom stereocenters. The molecule has 41 heavy (non-hydrogen) atoms. The molecule has 0 bridgehead atoms. The van der Waals surface area contributed by atoms with E-state index in [-0.39, 0.29) is 17.3 Å². The van der Waals surface area contributed by atoms with E-state index in [2.05, 4.69) is 43.5 Å². The molecule has 3 aromatic heterocycles. The zero-order valence-electron chi connectivity index (χ0n) is 23.6. The number of fused-ring (bicyclic) bond motifs is 3. The van der Waals surface area contributed by atoms with Crippen molar-refractivity contribution in [3.8, 4) is 11.8 Å². The number of sulfonamides is 1. The molecule has 0 spiro atoms. The third-order valence-corrected chi connectivity index (χ3v) is 9.99. The average molecular weight is 574 g/mol. The maximum absolute atomic E-state index is 14.4. The van der Waals surface area contributed by atoms with Crippen LogP contribution >= 0.6 is 0 Å². The minimum absolute atomic E-state index is 0.200. The van der Waals surface area contributed by atoms with Crippen molar-refractivity contribution in [3.63, 3.8) is 0 Å². The van der Waals surface area contributed by atoms with Crippen LogP contribution in [0.1, 0.15) is 18.9 Å². The lowest BCUT2D eigenvalue weighted by Crippen LogP contribution is -2.42. The molecule has 0 atom stereocenters.